The van der Waals surface area contributed by atoms with Gasteiger partial charge in [-0.1, -0.05) is 20.3 Å². The highest BCUT2D eigenvalue weighted by molar-refractivity contribution is 7.89. The van der Waals surface area contributed by atoms with Crippen LogP contribution in [0.2, 0.25) is 0 Å². The third-order valence-corrected chi connectivity index (χ3v) is 6.25. The smallest absolute Gasteiger partial charge is 0.251 e. The minimum absolute atomic E-state index is 0.227. The fourth-order valence-corrected chi connectivity index (χ4v) is 4.69. The molecule has 1 atom stereocenters. The lowest BCUT2D eigenvalue weighted by atomic mass is 9.89. The molecule has 0 saturated carbocycles. The summed E-state index contributed by atoms with van der Waals surface area (Å²) in [6.07, 6.45) is 1.91. The van der Waals surface area contributed by atoms with E-state index in [1.807, 2.05) is 0 Å². The molecule has 0 unspecified atom stereocenters. The Bertz CT molecular complexity index is 468. The first-order valence-electron chi connectivity index (χ1n) is 6.76. The molecule has 0 aromatic heterocycles. The molecule has 1 saturated heterocycles. The number of alkyl halides is 2. The fourth-order valence-electron chi connectivity index (χ4n) is 2.31. The summed E-state index contributed by atoms with van der Waals surface area (Å²) < 4.78 is 52.9. The van der Waals surface area contributed by atoms with E-state index < -0.39 is 33.2 Å². The van der Waals surface area contributed by atoms with Gasteiger partial charge in [0.25, 0.3) is 5.92 Å². The number of carbonyl (C=O) groups excluding carboxylic acids is 1. The van der Waals surface area contributed by atoms with Crippen LogP contribution in [0, 0.1) is 5.41 Å². The normalized spacial score (nSPS) is 22.8. The Morgan fingerprint density at radius 1 is 1.25 bits per heavy atom. The van der Waals surface area contributed by atoms with Gasteiger partial charge in [0, 0.05) is 12.0 Å². The number of carbonyl (C=O) groups is 1. The van der Waals surface area contributed by atoms with Crippen molar-refractivity contribution in [3.8, 4) is 0 Å². The van der Waals surface area contributed by atoms with Gasteiger partial charge in [-0.25, -0.2) is 17.2 Å². The van der Waals surface area contributed by atoms with Crippen molar-refractivity contribution >= 4 is 15.8 Å². The number of sulfonamides is 1. The Kier molecular flexibility index (Phi) is 4.96. The standard InChI is InChI=1S/C13H23F2NO3S/c1-10(17)11-7-5-6-8-16(11)20(18,19)9-12(2,3)13(4,14)15/h11H,5-9H2,1-4H3/t11-/m0/s1. The van der Waals surface area contributed by atoms with E-state index in [1.54, 1.807) is 0 Å². The SMILES string of the molecule is CC(=O)[C@@H]1CCCCN1S(=O)(=O)CC(C)(C)C(C)(F)F. The Morgan fingerprint density at radius 2 is 1.80 bits per heavy atom. The number of rotatable bonds is 5. The minimum atomic E-state index is -3.89. The maximum atomic E-state index is 13.5. The summed E-state index contributed by atoms with van der Waals surface area (Å²) in [5, 5.41) is 0. The third-order valence-electron chi connectivity index (χ3n) is 4.01. The van der Waals surface area contributed by atoms with Crippen molar-refractivity contribution in [3.05, 3.63) is 0 Å². The van der Waals surface area contributed by atoms with Gasteiger partial charge >= 0.3 is 0 Å². The fraction of sp³-hybridized carbons (Fsp3) is 0.923. The highest BCUT2D eigenvalue weighted by Gasteiger charge is 2.47. The van der Waals surface area contributed by atoms with E-state index in [0.717, 1.165) is 17.6 Å². The number of nitrogens with zero attached hydrogens (tertiary/aromatic N) is 1. The second-order valence-electron chi connectivity index (χ2n) is 6.26. The Morgan fingerprint density at radius 3 is 2.25 bits per heavy atom. The average Bonchev–Trinajstić information content (AvgIpc) is 2.26. The molecule has 1 heterocycles. The lowest BCUT2D eigenvalue weighted by Gasteiger charge is -2.37. The first-order valence-corrected chi connectivity index (χ1v) is 8.37. The number of piperidine rings is 1. The van der Waals surface area contributed by atoms with E-state index in [2.05, 4.69) is 0 Å². The Balaban J connectivity index is 3.01. The van der Waals surface area contributed by atoms with Crippen molar-refractivity contribution < 1.29 is 22.0 Å². The van der Waals surface area contributed by atoms with Gasteiger partial charge in [-0.2, -0.15) is 4.31 Å². The Labute approximate surface area is 119 Å². The van der Waals surface area contributed by atoms with Crippen LogP contribution in [0.5, 0.6) is 0 Å². The topological polar surface area (TPSA) is 54.5 Å². The maximum absolute atomic E-state index is 13.5. The molecule has 1 fully saturated rings. The van der Waals surface area contributed by atoms with Gasteiger partial charge in [0.2, 0.25) is 10.0 Å². The summed E-state index contributed by atoms with van der Waals surface area (Å²) in [7, 11) is -3.89. The molecule has 118 valence electrons. The van der Waals surface area contributed by atoms with Gasteiger partial charge in [-0.05, 0) is 26.7 Å². The molecule has 7 heteroatoms. The molecule has 20 heavy (non-hydrogen) atoms. The lowest BCUT2D eigenvalue weighted by molar-refractivity contribution is -0.121. The molecule has 0 spiro atoms. The summed E-state index contributed by atoms with van der Waals surface area (Å²) in [5.74, 6) is -4.00. The van der Waals surface area contributed by atoms with Crippen LogP contribution in [0.4, 0.5) is 8.78 Å². The van der Waals surface area contributed by atoms with Gasteiger partial charge in [-0.15, -0.1) is 0 Å². The number of Topliss-reactive ketones (excluding diaryl/α,β-unsaturated/α-hetero) is 1. The number of hydrogen-bond acceptors (Lipinski definition) is 3. The van der Waals surface area contributed by atoms with E-state index in [1.165, 1.54) is 20.8 Å². The van der Waals surface area contributed by atoms with Gasteiger partial charge in [0.15, 0.2) is 0 Å². The van der Waals surface area contributed by atoms with Gasteiger partial charge < -0.3 is 0 Å². The van der Waals surface area contributed by atoms with Crippen LogP contribution in [0.1, 0.15) is 47.0 Å². The summed E-state index contributed by atoms with van der Waals surface area (Å²) in [5.41, 5.74) is -1.68. The summed E-state index contributed by atoms with van der Waals surface area (Å²) >= 11 is 0. The minimum Gasteiger partial charge on any atom is -0.298 e. The zero-order valence-electron chi connectivity index (χ0n) is 12.4. The van der Waals surface area contributed by atoms with Crippen molar-refractivity contribution in [2.75, 3.05) is 12.3 Å². The van der Waals surface area contributed by atoms with Crippen LogP contribution in [-0.2, 0) is 14.8 Å². The predicted molar refractivity (Wildman–Crippen MR) is 73.2 cm³/mol. The highest BCUT2D eigenvalue weighted by Crippen LogP contribution is 2.38. The van der Waals surface area contributed by atoms with E-state index in [4.69, 9.17) is 0 Å². The zero-order chi connectivity index (χ0) is 15.8. The summed E-state index contributed by atoms with van der Waals surface area (Å²) in [6.45, 7) is 4.77. The first-order chi connectivity index (χ1) is 8.88. The lowest BCUT2D eigenvalue weighted by Crippen LogP contribution is -2.51. The molecule has 1 aliphatic heterocycles. The summed E-state index contributed by atoms with van der Waals surface area (Å²) in [4.78, 5) is 11.6. The molecule has 1 aliphatic rings. The second kappa shape index (κ2) is 5.67. The average molecular weight is 311 g/mol. The van der Waals surface area contributed by atoms with Crippen molar-refractivity contribution in [2.24, 2.45) is 5.41 Å². The van der Waals surface area contributed by atoms with Crippen molar-refractivity contribution in [2.45, 2.75) is 58.9 Å². The molecular formula is C13H23F2NO3S. The monoisotopic (exact) mass is 311 g/mol. The van der Waals surface area contributed by atoms with Crippen LogP contribution in [0.15, 0.2) is 0 Å². The van der Waals surface area contributed by atoms with Crippen LogP contribution in [0.3, 0.4) is 0 Å². The number of halogens is 2. The van der Waals surface area contributed by atoms with Gasteiger partial charge in [0.1, 0.15) is 5.78 Å². The van der Waals surface area contributed by atoms with E-state index >= 15 is 0 Å². The zero-order valence-corrected chi connectivity index (χ0v) is 13.3. The summed E-state index contributed by atoms with van der Waals surface area (Å²) in [6, 6.07) is -0.699. The van der Waals surface area contributed by atoms with Gasteiger partial charge in [0.05, 0.1) is 11.8 Å². The van der Waals surface area contributed by atoms with Crippen LogP contribution >= 0.6 is 0 Å². The molecule has 0 amide bonds. The van der Waals surface area contributed by atoms with E-state index in [-0.39, 0.29) is 12.3 Å². The third kappa shape index (κ3) is 3.75. The molecule has 4 nitrogen and oxygen atoms in total. The molecule has 0 aromatic carbocycles. The van der Waals surface area contributed by atoms with Crippen molar-refractivity contribution in [1.29, 1.82) is 0 Å². The second-order valence-corrected chi connectivity index (χ2v) is 8.18. The number of ketones is 1. The van der Waals surface area contributed by atoms with Crippen LogP contribution < -0.4 is 0 Å². The number of hydrogen-bond donors (Lipinski definition) is 0. The molecule has 0 aliphatic carbocycles. The Hall–Kier alpha value is -0.560. The quantitative estimate of drug-likeness (QED) is 0.783. The molecular weight excluding hydrogens is 288 g/mol. The maximum Gasteiger partial charge on any atom is 0.251 e. The molecule has 0 bridgehead atoms. The van der Waals surface area contributed by atoms with Crippen molar-refractivity contribution in [3.63, 3.8) is 0 Å². The first kappa shape index (κ1) is 17.5. The highest BCUT2D eigenvalue weighted by atomic mass is 32.2. The predicted octanol–water partition coefficient (Wildman–Crippen LogP) is 2.44. The largest absolute Gasteiger partial charge is 0.298 e. The van der Waals surface area contributed by atoms with Crippen LogP contribution in [-0.4, -0.2) is 42.8 Å². The van der Waals surface area contributed by atoms with E-state index in [0.29, 0.717) is 12.8 Å². The van der Waals surface area contributed by atoms with Crippen molar-refractivity contribution in [1.82, 2.24) is 4.31 Å². The van der Waals surface area contributed by atoms with E-state index in [9.17, 15) is 22.0 Å². The van der Waals surface area contributed by atoms with Gasteiger partial charge in [-0.3, -0.25) is 4.79 Å². The molecule has 1 rings (SSSR count). The van der Waals surface area contributed by atoms with Crippen LogP contribution in [0.25, 0.3) is 0 Å². The molecule has 0 aromatic rings. The molecule has 0 radical (unpaired) electrons. The molecule has 0 N–H and O–H groups in total.